The van der Waals surface area contributed by atoms with E-state index in [1.807, 2.05) is 25.1 Å². The molecule has 0 spiro atoms. The molecule has 0 saturated carbocycles. The molecular weight excluding hydrogens is 226 g/mol. The second-order valence-electron chi connectivity index (χ2n) is 5.18. The van der Waals surface area contributed by atoms with Gasteiger partial charge in [0, 0.05) is 25.4 Å². The number of likely N-dealkylation sites (N-methyl/N-ethyl adjacent to an activating group) is 1. The van der Waals surface area contributed by atoms with Crippen molar-refractivity contribution < 1.29 is 9.53 Å². The van der Waals surface area contributed by atoms with Gasteiger partial charge in [0.2, 0.25) is 0 Å². The predicted molar refractivity (Wildman–Crippen MR) is 71.2 cm³/mol. The predicted octanol–water partition coefficient (Wildman–Crippen LogP) is 2.42. The van der Waals surface area contributed by atoms with Crippen LogP contribution in [-0.2, 0) is 15.1 Å². The number of hydrogen-bond donors (Lipinski definition) is 0. The van der Waals surface area contributed by atoms with Crippen molar-refractivity contribution in [2.24, 2.45) is 5.92 Å². The van der Waals surface area contributed by atoms with Gasteiger partial charge in [-0.2, -0.15) is 0 Å². The Morgan fingerprint density at radius 1 is 1.44 bits per heavy atom. The smallest absolute Gasteiger partial charge is 0.306 e. The lowest BCUT2D eigenvalue weighted by molar-refractivity contribution is -0.163. The number of likely N-dealkylation sites (tertiary alicyclic amines) is 1. The van der Waals surface area contributed by atoms with Crippen LogP contribution in [0.25, 0.3) is 0 Å². The van der Waals surface area contributed by atoms with Gasteiger partial charge in [0.1, 0.15) is 0 Å². The van der Waals surface area contributed by atoms with Gasteiger partial charge in [0.15, 0.2) is 5.60 Å². The van der Waals surface area contributed by atoms with Gasteiger partial charge in [-0.05, 0) is 12.6 Å². The first-order valence-corrected chi connectivity index (χ1v) is 6.54. The van der Waals surface area contributed by atoms with Gasteiger partial charge in [-0.15, -0.1) is 0 Å². The third-order valence-corrected chi connectivity index (χ3v) is 3.73. The van der Waals surface area contributed by atoms with Gasteiger partial charge in [-0.3, -0.25) is 4.79 Å². The van der Waals surface area contributed by atoms with Crippen molar-refractivity contribution >= 4 is 5.97 Å². The zero-order valence-electron chi connectivity index (χ0n) is 11.3. The van der Waals surface area contributed by atoms with E-state index in [-0.39, 0.29) is 5.97 Å². The highest BCUT2D eigenvalue weighted by Crippen LogP contribution is 2.40. The van der Waals surface area contributed by atoms with Crippen molar-refractivity contribution in [1.29, 1.82) is 0 Å². The first kappa shape index (κ1) is 13.1. The van der Waals surface area contributed by atoms with E-state index in [9.17, 15) is 4.79 Å². The third-order valence-electron chi connectivity index (χ3n) is 3.73. The number of ether oxygens (including phenoxy) is 1. The molecule has 98 valence electrons. The molecule has 18 heavy (non-hydrogen) atoms. The van der Waals surface area contributed by atoms with Crippen molar-refractivity contribution in [3.05, 3.63) is 35.9 Å². The maximum Gasteiger partial charge on any atom is 0.306 e. The van der Waals surface area contributed by atoms with Crippen LogP contribution in [0.2, 0.25) is 0 Å². The number of nitrogens with zero attached hydrogens (tertiary/aromatic N) is 1. The van der Waals surface area contributed by atoms with E-state index in [4.69, 9.17) is 4.74 Å². The summed E-state index contributed by atoms with van der Waals surface area (Å²) in [5.74, 6) is 0.182. The summed E-state index contributed by atoms with van der Waals surface area (Å²) < 4.78 is 5.84. The summed E-state index contributed by atoms with van der Waals surface area (Å²) in [6, 6.07) is 10.1. The standard InChI is InChI=1S/C15H21NO2/c1-4-14(17)18-15(11-16(3)10-12(15)2)13-8-6-5-7-9-13/h5-9,12H,4,10-11H2,1-3H3/t12-,15-/m1/s1. The van der Waals surface area contributed by atoms with E-state index in [2.05, 4.69) is 31.0 Å². The Morgan fingerprint density at radius 2 is 2.11 bits per heavy atom. The summed E-state index contributed by atoms with van der Waals surface area (Å²) in [4.78, 5) is 14.0. The van der Waals surface area contributed by atoms with Crippen molar-refractivity contribution in [3.8, 4) is 0 Å². The molecule has 1 aliphatic heterocycles. The molecule has 1 aromatic carbocycles. The van der Waals surface area contributed by atoms with Gasteiger partial charge in [-0.25, -0.2) is 0 Å². The number of hydrogen-bond acceptors (Lipinski definition) is 3. The second kappa shape index (κ2) is 5.11. The van der Waals surface area contributed by atoms with Crippen LogP contribution in [0.15, 0.2) is 30.3 Å². The lowest BCUT2D eigenvalue weighted by atomic mass is 9.85. The quantitative estimate of drug-likeness (QED) is 0.768. The molecule has 0 radical (unpaired) electrons. The highest BCUT2D eigenvalue weighted by atomic mass is 16.6. The van der Waals surface area contributed by atoms with E-state index < -0.39 is 5.60 Å². The highest BCUT2D eigenvalue weighted by molar-refractivity contribution is 5.69. The molecule has 2 rings (SSSR count). The molecule has 0 unspecified atom stereocenters. The average Bonchev–Trinajstić information content (AvgIpc) is 2.66. The second-order valence-corrected chi connectivity index (χ2v) is 5.18. The van der Waals surface area contributed by atoms with Crippen LogP contribution in [0.1, 0.15) is 25.8 Å². The first-order valence-electron chi connectivity index (χ1n) is 6.54. The molecule has 3 heteroatoms. The molecule has 0 aromatic heterocycles. The van der Waals surface area contributed by atoms with E-state index >= 15 is 0 Å². The van der Waals surface area contributed by atoms with Gasteiger partial charge in [0.25, 0.3) is 0 Å². The van der Waals surface area contributed by atoms with E-state index in [0.29, 0.717) is 12.3 Å². The van der Waals surface area contributed by atoms with Gasteiger partial charge < -0.3 is 9.64 Å². The van der Waals surface area contributed by atoms with Crippen LogP contribution in [0.5, 0.6) is 0 Å². The fourth-order valence-electron chi connectivity index (χ4n) is 2.80. The van der Waals surface area contributed by atoms with E-state index in [0.717, 1.165) is 18.7 Å². The normalized spacial score (nSPS) is 28.3. The molecule has 1 aliphatic rings. The summed E-state index contributed by atoms with van der Waals surface area (Å²) in [5, 5.41) is 0. The summed E-state index contributed by atoms with van der Waals surface area (Å²) in [7, 11) is 2.07. The molecule has 0 amide bonds. The van der Waals surface area contributed by atoms with Crippen molar-refractivity contribution in [3.63, 3.8) is 0 Å². The minimum atomic E-state index is -0.483. The zero-order chi connectivity index (χ0) is 13.2. The first-order chi connectivity index (χ1) is 8.58. The maximum atomic E-state index is 11.8. The Hall–Kier alpha value is -1.35. The molecular formula is C15H21NO2. The lowest BCUT2D eigenvalue weighted by Crippen LogP contribution is -2.39. The zero-order valence-corrected chi connectivity index (χ0v) is 11.3. The summed E-state index contributed by atoms with van der Waals surface area (Å²) in [6.07, 6.45) is 0.422. The highest BCUT2D eigenvalue weighted by Gasteiger charge is 2.47. The van der Waals surface area contributed by atoms with Crippen LogP contribution in [0.4, 0.5) is 0 Å². The molecule has 1 heterocycles. The summed E-state index contributed by atoms with van der Waals surface area (Å²) >= 11 is 0. The average molecular weight is 247 g/mol. The molecule has 1 fully saturated rings. The molecule has 0 bridgehead atoms. The fourth-order valence-corrected chi connectivity index (χ4v) is 2.80. The van der Waals surface area contributed by atoms with Gasteiger partial charge in [-0.1, -0.05) is 44.2 Å². The van der Waals surface area contributed by atoms with E-state index in [1.165, 1.54) is 0 Å². The number of rotatable bonds is 3. The minimum absolute atomic E-state index is 0.124. The number of esters is 1. The Bertz CT molecular complexity index is 418. The Kier molecular flexibility index (Phi) is 3.71. The van der Waals surface area contributed by atoms with Crippen LogP contribution in [-0.4, -0.2) is 31.0 Å². The number of carbonyl (C=O) groups excluding carboxylic acids is 1. The Labute approximate surface area is 109 Å². The van der Waals surface area contributed by atoms with Gasteiger partial charge >= 0.3 is 5.97 Å². The summed E-state index contributed by atoms with van der Waals surface area (Å²) in [6.45, 7) is 5.71. The molecule has 3 nitrogen and oxygen atoms in total. The molecule has 1 saturated heterocycles. The van der Waals surface area contributed by atoms with Crippen molar-refractivity contribution in [2.45, 2.75) is 25.9 Å². The van der Waals surface area contributed by atoms with Crippen LogP contribution >= 0.6 is 0 Å². The van der Waals surface area contributed by atoms with Crippen LogP contribution < -0.4 is 0 Å². The van der Waals surface area contributed by atoms with Gasteiger partial charge in [0.05, 0.1) is 0 Å². The van der Waals surface area contributed by atoms with E-state index in [1.54, 1.807) is 0 Å². The fraction of sp³-hybridized carbons (Fsp3) is 0.533. The monoisotopic (exact) mass is 247 g/mol. The SMILES string of the molecule is CCC(=O)O[C@]1(c2ccccc2)CN(C)C[C@H]1C. The lowest BCUT2D eigenvalue weighted by Gasteiger charge is -2.33. The largest absolute Gasteiger partial charge is 0.452 e. The van der Waals surface area contributed by atoms with Crippen LogP contribution in [0, 0.1) is 5.92 Å². The van der Waals surface area contributed by atoms with Crippen molar-refractivity contribution in [2.75, 3.05) is 20.1 Å². The minimum Gasteiger partial charge on any atom is -0.452 e. The summed E-state index contributed by atoms with van der Waals surface area (Å²) in [5.41, 5.74) is 0.618. The topological polar surface area (TPSA) is 29.5 Å². The Balaban J connectivity index is 2.37. The van der Waals surface area contributed by atoms with Crippen LogP contribution in [0.3, 0.4) is 0 Å². The Morgan fingerprint density at radius 3 is 2.61 bits per heavy atom. The maximum absolute atomic E-state index is 11.8. The third kappa shape index (κ3) is 2.27. The van der Waals surface area contributed by atoms with Crippen molar-refractivity contribution in [1.82, 2.24) is 4.90 Å². The molecule has 2 atom stereocenters. The number of carbonyl (C=O) groups is 1. The molecule has 0 N–H and O–H groups in total. The molecule has 0 aliphatic carbocycles. The number of benzene rings is 1. The molecule has 1 aromatic rings.